The van der Waals surface area contributed by atoms with Gasteiger partial charge in [0.05, 0.1) is 30.1 Å². The molecule has 0 aliphatic carbocycles. The Balaban J connectivity index is 2.85. The molecule has 1 rings (SSSR count). The molecule has 20 heavy (non-hydrogen) atoms. The van der Waals surface area contributed by atoms with Gasteiger partial charge in [-0.3, -0.25) is 0 Å². The van der Waals surface area contributed by atoms with Crippen molar-refractivity contribution in [3.63, 3.8) is 0 Å². The number of esters is 1. The van der Waals surface area contributed by atoms with Crippen molar-refractivity contribution >= 4 is 17.3 Å². The molecule has 0 amide bonds. The first-order valence-corrected chi connectivity index (χ1v) is 5.74. The average Bonchev–Trinajstić information content (AvgIpc) is 2.37. The van der Waals surface area contributed by atoms with Gasteiger partial charge >= 0.3 is 18.3 Å². The molecule has 1 aromatic rings. The fourth-order valence-corrected chi connectivity index (χ4v) is 1.34. The van der Waals surface area contributed by atoms with Gasteiger partial charge < -0.3 is 15.8 Å². The summed E-state index contributed by atoms with van der Waals surface area (Å²) in [6, 6.07) is 3.83. The van der Waals surface area contributed by atoms with Gasteiger partial charge in [0.15, 0.2) is 0 Å². The second-order valence-corrected chi connectivity index (χ2v) is 3.94. The van der Waals surface area contributed by atoms with Crippen molar-refractivity contribution in [2.24, 2.45) is 0 Å². The SMILES string of the molecule is CCOC(=O)c1ccc(N)c(NCC(F)(F)C(F)F)c1. The summed E-state index contributed by atoms with van der Waals surface area (Å²) in [7, 11) is 0. The standard InChI is InChI=1S/C12H14F4N2O2/c1-2-20-10(19)7-3-4-8(17)9(5-7)18-6-12(15,16)11(13)14/h3-5,11,18H,2,6,17H2,1H3. The Bertz CT molecular complexity index is 481. The number of carbonyl (C=O) groups is 1. The average molecular weight is 294 g/mol. The van der Waals surface area contributed by atoms with Crippen molar-refractivity contribution in [3.8, 4) is 0 Å². The topological polar surface area (TPSA) is 64.3 Å². The Kier molecular flexibility index (Phi) is 5.18. The van der Waals surface area contributed by atoms with E-state index >= 15 is 0 Å². The highest BCUT2D eigenvalue weighted by molar-refractivity contribution is 5.92. The molecule has 0 fully saturated rings. The molecule has 4 nitrogen and oxygen atoms in total. The minimum atomic E-state index is -4.19. The highest BCUT2D eigenvalue weighted by Gasteiger charge is 2.40. The Hall–Kier alpha value is -1.99. The summed E-state index contributed by atoms with van der Waals surface area (Å²) < 4.78 is 54.4. The Morgan fingerprint density at radius 1 is 1.45 bits per heavy atom. The second kappa shape index (κ2) is 6.44. The number of ether oxygens (including phenoxy) is 1. The molecule has 0 aromatic heterocycles. The number of nitrogens with two attached hydrogens (primary N) is 1. The number of hydrogen-bond acceptors (Lipinski definition) is 4. The van der Waals surface area contributed by atoms with Crippen LogP contribution in [-0.4, -0.2) is 31.5 Å². The van der Waals surface area contributed by atoms with E-state index in [9.17, 15) is 22.4 Å². The molecule has 0 bridgehead atoms. The molecule has 0 aliphatic rings. The number of alkyl halides is 4. The first-order chi connectivity index (χ1) is 9.27. The normalized spacial score (nSPS) is 11.5. The Morgan fingerprint density at radius 2 is 2.10 bits per heavy atom. The summed E-state index contributed by atoms with van der Waals surface area (Å²) in [6.45, 7) is 0.466. The zero-order valence-electron chi connectivity index (χ0n) is 10.6. The molecule has 0 heterocycles. The van der Waals surface area contributed by atoms with Crippen LogP contribution < -0.4 is 11.1 Å². The van der Waals surface area contributed by atoms with E-state index in [4.69, 9.17) is 10.5 Å². The van der Waals surface area contributed by atoms with E-state index < -0.39 is 24.9 Å². The number of nitrogen functional groups attached to an aromatic ring is 1. The summed E-state index contributed by atoms with van der Waals surface area (Å²) >= 11 is 0. The Morgan fingerprint density at radius 3 is 2.65 bits per heavy atom. The van der Waals surface area contributed by atoms with Gasteiger partial charge in [-0.25, -0.2) is 13.6 Å². The molecular weight excluding hydrogens is 280 g/mol. The molecule has 0 atom stereocenters. The number of halogens is 4. The van der Waals surface area contributed by atoms with Crippen molar-refractivity contribution in [1.29, 1.82) is 0 Å². The van der Waals surface area contributed by atoms with Crippen LogP contribution in [0.2, 0.25) is 0 Å². The van der Waals surface area contributed by atoms with E-state index in [2.05, 4.69) is 5.32 Å². The van der Waals surface area contributed by atoms with Crippen LogP contribution in [0.25, 0.3) is 0 Å². The number of rotatable bonds is 6. The van der Waals surface area contributed by atoms with Gasteiger partial charge in [-0.2, -0.15) is 8.78 Å². The molecule has 112 valence electrons. The maximum Gasteiger partial charge on any atom is 0.338 e. The predicted octanol–water partition coefficient (Wildman–Crippen LogP) is 2.76. The van der Waals surface area contributed by atoms with Gasteiger partial charge in [-0.1, -0.05) is 0 Å². The summed E-state index contributed by atoms with van der Waals surface area (Å²) in [5, 5.41) is 2.11. The third-order valence-electron chi connectivity index (χ3n) is 2.40. The zero-order chi connectivity index (χ0) is 15.3. The predicted molar refractivity (Wildman–Crippen MR) is 66.3 cm³/mol. The van der Waals surface area contributed by atoms with Gasteiger partial charge in [-0.15, -0.1) is 0 Å². The summed E-state index contributed by atoms with van der Waals surface area (Å²) in [6.07, 6.45) is -3.79. The molecular formula is C12H14F4N2O2. The minimum absolute atomic E-state index is 0.0316. The van der Waals surface area contributed by atoms with Gasteiger partial charge in [0, 0.05) is 0 Å². The molecule has 0 aliphatic heterocycles. The quantitative estimate of drug-likeness (QED) is 0.481. The fraction of sp³-hybridized carbons (Fsp3) is 0.417. The lowest BCUT2D eigenvalue weighted by Gasteiger charge is -2.17. The van der Waals surface area contributed by atoms with Gasteiger partial charge in [0.2, 0.25) is 0 Å². The smallest absolute Gasteiger partial charge is 0.338 e. The summed E-state index contributed by atoms with van der Waals surface area (Å²) in [4.78, 5) is 11.5. The minimum Gasteiger partial charge on any atom is -0.462 e. The highest BCUT2D eigenvalue weighted by Crippen LogP contribution is 2.26. The van der Waals surface area contributed by atoms with Crippen LogP contribution in [0.3, 0.4) is 0 Å². The monoisotopic (exact) mass is 294 g/mol. The van der Waals surface area contributed by atoms with Gasteiger partial charge in [0.25, 0.3) is 0 Å². The first kappa shape index (κ1) is 16.1. The second-order valence-electron chi connectivity index (χ2n) is 3.94. The van der Waals surface area contributed by atoms with Crippen LogP contribution in [0.15, 0.2) is 18.2 Å². The van der Waals surface area contributed by atoms with Crippen LogP contribution >= 0.6 is 0 Å². The van der Waals surface area contributed by atoms with Crippen LogP contribution in [0, 0.1) is 0 Å². The summed E-state index contributed by atoms with van der Waals surface area (Å²) in [5.74, 6) is -4.84. The van der Waals surface area contributed by atoms with E-state index in [0.29, 0.717) is 0 Å². The van der Waals surface area contributed by atoms with E-state index in [0.717, 1.165) is 0 Å². The maximum atomic E-state index is 12.8. The van der Waals surface area contributed by atoms with Crippen LogP contribution in [-0.2, 0) is 4.74 Å². The summed E-state index contributed by atoms with van der Waals surface area (Å²) in [5.41, 5.74) is 5.64. The Labute approximate surface area is 112 Å². The molecule has 1 aromatic carbocycles. The van der Waals surface area contributed by atoms with Crippen molar-refractivity contribution in [1.82, 2.24) is 0 Å². The van der Waals surface area contributed by atoms with E-state index in [-0.39, 0.29) is 23.5 Å². The number of benzene rings is 1. The van der Waals surface area contributed by atoms with Crippen LogP contribution in [0.1, 0.15) is 17.3 Å². The fourth-order valence-electron chi connectivity index (χ4n) is 1.34. The van der Waals surface area contributed by atoms with Crippen molar-refractivity contribution in [2.75, 3.05) is 24.2 Å². The molecule has 8 heteroatoms. The van der Waals surface area contributed by atoms with Crippen LogP contribution in [0.4, 0.5) is 28.9 Å². The van der Waals surface area contributed by atoms with Crippen LogP contribution in [0.5, 0.6) is 0 Å². The largest absolute Gasteiger partial charge is 0.462 e. The number of hydrogen-bond donors (Lipinski definition) is 2. The van der Waals surface area contributed by atoms with E-state index in [1.165, 1.54) is 18.2 Å². The van der Waals surface area contributed by atoms with Crippen molar-refractivity contribution in [2.45, 2.75) is 19.3 Å². The van der Waals surface area contributed by atoms with E-state index in [1.807, 2.05) is 0 Å². The zero-order valence-corrected chi connectivity index (χ0v) is 10.6. The molecule has 3 N–H and O–H groups in total. The van der Waals surface area contributed by atoms with Crippen molar-refractivity contribution in [3.05, 3.63) is 23.8 Å². The lowest BCUT2D eigenvalue weighted by molar-refractivity contribution is -0.117. The lowest BCUT2D eigenvalue weighted by atomic mass is 10.1. The number of nitrogens with one attached hydrogen (secondary N) is 1. The third-order valence-corrected chi connectivity index (χ3v) is 2.40. The molecule has 0 spiro atoms. The highest BCUT2D eigenvalue weighted by atomic mass is 19.3. The first-order valence-electron chi connectivity index (χ1n) is 5.74. The molecule has 0 unspecified atom stereocenters. The molecule has 0 saturated heterocycles. The van der Waals surface area contributed by atoms with Crippen molar-refractivity contribution < 1.29 is 27.1 Å². The molecule has 0 radical (unpaired) electrons. The lowest BCUT2D eigenvalue weighted by Crippen LogP contribution is -2.35. The maximum absolute atomic E-state index is 12.8. The van der Waals surface area contributed by atoms with E-state index in [1.54, 1.807) is 6.92 Å². The van der Waals surface area contributed by atoms with Gasteiger partial charge in [0.1, 0.15) is 0 Å². The number of anilines is 2. The third kappa shape index (κ3) is 4.01. The molecule has 0 saturated carbocycles. The number of carbonyl (C=O) groups excluding carboxylic acids is 1. The van der Waals surface area contributed by atoms with Gasteiger partial charge in [-0.05, 0) is 25.1 Å².